The number of hydrogen-bond donors (Lipinski definition) is 0. The van der Waals surface area contributed by atoms with E-state index in [-0.39, 0.29) is 17.6 Å². The van der Waals surface area contributed by atoms with Crippen LogP contribution in [0.3, 0.4) is 0 Å². The summed E-state index contributed by atoms with van der Waals surface area (Å²) < 4.78 is 24.2. The molecular weight excluding hydrogens is 300 g/mol. The Balaban J connectivity index is 1.97. The standard InChI is InChI=1S/C16H24N2O3S/c1-12(2)11-22(20,21)15-9-18(10-15)16(19)13-5-7-14(8-6-13)17(3)4/h5-8,12,15H,9-11H2,1-4H3. The number of likely N-dealkylation sites (tertiary alicyclic amines) is 1. The number of carbonyl (C=O) groups excluding carboxylic acids is 1. The number of nitrogens with zero attached hydrogens (tertiary/aromatic N) is 2. The summed E-state index contributed by atoms with van der Waals surface area (Å²) in [6.45, 7) is 4.41. The van der Waals surface area contributed by atoms with Gasteiger partial charge in [-0.25, -0.2) is 8.42 Å². The highest BCUT2D eigenvalue weighted by atomic mass is 32.2. The average molecular weight is 324 g/mol. The van der Waals surface area contributed by atoms with Gasteiger partial charge in [-0.1, -0.05) is 13.8 Å². The van der Waals surface area contributed by atoms with Crippen LogP contribution < -0.4 is 4.90 Å². The van der Waals surface area contributed by atoms with Gasteiger partial charge in [0.1, 0.15) is 0 Å². The van der Waals surface area contributed by atoms with Gasteiger partial charge in [0.05, 0.1) is 11.0 Å². The predicted molar refractivity (Wildman–Crippen MR) is 89.1 cm³/mol. The fourth-order valence-electron chi connectivity index (χ4n) is 2.52. The second-order valence-corrected chi connectivity index (χ2v) is 8.82. The molecule has 0 bridgehead atoms. The molecule has 1 saturated heterocycles. The highest BCUT2D eigenvalue weighted by Gasteiger charge is 2.39. The summed E-state index contributed by atoms with van der Waals surface area (Å²) in [6.07, 6.45) is 0. The number of anilines is 1. The summed E-state index contributed by atoms with van der Waals surface area (Å²) in [5.74, 6) is 0.215. The van der Waals surface area contributed by atoms with E-state index in [9.17, 15) is 13.2 Å². The lowest BCUT2D eigenvalue weighted by molar-refractivity contribution is 0.0659. The fourth-order valence-corrected chi connectivity index (χ4v) is 4.53. The van der Waals surface area contributed by atoms with Crippen LogP contribution in [-0.2, 0) is 9.84 Å². The van der Waals surface area contributed by atoms with Crippen molar-refractivity contribution in [3.63, 3.8) is 0 Å². The maximum atomic E-state index is 12.3. The van der Waals surface area contributed by atoms with Gasteiger partial charge in [-0.05, 0) is 30.2 Å². The predicted octanol–water partition coefficient (Wildman–Crippen LogP) is 1.65. The van der Waals surface area contributed by atoms with Crippen molar-refractivity contribution >= 4 is 21.4 Å². The molecule has 0 spiro atoms. The van der Waals surface area contributed by atoms with Crippen LogP contribution in [0.15, 0.2) is 24.3 Å². The van der Waals surface area contributed by atoms with Crippen LogP contribution in [-0.4, -0.2) is 57.4 Å². The fraction of sp³-hybridized carbons (Fsp3) is 0.562. The molecule has 1 fully saturated rings. The van der Waals surface area contributed by atoms with E-state index in [1.165, 1.54) is 0 Å². The number of benzene rings is 1. The third kappa shape index (κ3) is 3.61. The normalized spacial score (nSPS) is 15.8. The van der Waals surface area contributed by atoms with E-state index in [0.29, 0.717) is 18.7 Å². The van der Waals surface area contributed by atoms with Gasteiger partial charge in [-0.3, -0.25) is 4.79 Å². The summed E-state index contributed by atoms with van der Waals surface area (Å²) >= 11 is 0. The van der Waals surface area contributed by atoms with E-state index < -0.39 is 15.1 Å². The molecule has 2 rings (SSSR count). The largest absolute Gasteiger partial charge is 0.378 e. The number of amides is 1. The molecule has 0 aromatic heterocycles. The van der Waals surface area contributed by atoms with Crippen molar-refractivity contribution in [3.05, 3.63) is 29.8 Å². The molecule has 22 heavy (non-hydrogen) atoms. The Kier molecular flexibility index (Phi) is 4.80. The van der Waals surface area contributed by atoms with Crippen molar-refractivity contribution < 1.29 is 13.2 Å². The second-order valence-electron chi connectivity index (χ2n) is 6.50. The third-order valence-electron chi connectivity index (χ3n) is 3.84. The minimum Gasteiger partial charge on any atom is -0.378 e. The van der Waals surface area contributed by atoms with Crippen molar-refractivity contribution in [2.24, 2.45) is 5.92 Å². The summed E-state index contributed by atoms with van der Waals surface area (Å²) in [6, 6.07) is 7.35. The lowest BCUT2D eigenvalue weighted by atomic mass is 10.1. The minimum absolute atomic E-state index is 0.0960. The molecule has 0 radical (unpaired) electrons. The van der Waals surface area contributed by atoms with E-state index in [4.69, 9.17) is 0 Å². The average Bonchev–Trinajstić information content (AvgIpc) is 2.34. The number of carbonyl (C=O) groups is 1. The Morgan fingerprint density at radius 2 is 1.77 bits per heavy atom. The molecule has 0 atom stereocenters. The van der Waals surface area contributed by atoms with E-state index in [1.54, 1.807) is 17.0 Å². The molecule has 0 aliphatic carbocycles. The summed E-state index contributed by atoms with van der Waals surface area (Å²) in [5.41, 5.74) is 1.63. The van der Waals surface area contributed by atoms with Crippen molar-refractivity contribution in [1.82, 2.24) is 4.90 Å². The zero-order chi connectivity index (χ0) is 16.5. The molecule has 6 heteroatoms. The van der Waals surface area contributed by atoms with E-state index in [1.807, 2.05) is 45.0 Å². The molecule has 1 aromatic rings. The van der Waals surface area contributed by atoms with Crippen LogP contribution in [0.25, 0.3) is 0 Å². The van der Waals surface area contributed by atoms with Crippen molar-refractivity contribution in [3.8, 4) is 0 Å². The van der Waals surface area contributed by atoms with Crippen LogP contribution in [0, 0.1) is 5.92 Å². The Hall–Kier alpha value is -1.56. The summed E-state index contributed by atoms with van der Waals surface area (Å²) in [5, 5.41) is -0.403. The first-order valence-electron chi connectivity index (χ1n) is 7.49. The highest BCUT2D eigenvalue weighted by Crippen LogP contribution is 2.22. The summed E-state index contributed by atoms with van der Waals surface area (Å²) in [4.78, 5) is 15.9. The van der Waals surface area contributed by atoms with Gasteiger partial charge < -0.3 is 9.80 Å². The highest BCUT2D eigenvalue weighted by molar-refractivity contribution is 7.92. The Morgan fingerprint density at radius 3 is 2.23 bits per heavy atom. The van der Waals surface area contributed by atoms with Gasteiger partial charge in [0.15, 0.2) is 9.84 Å². The van der Waals surface area contributed by atoms with E-state index in [2.05, 4.69) is 0 Å². The van der Waals surface area contributed by atoms with E-state index >= 15 is 0 Å². The molecule has 0 N–H and O–H groups in total. The first kappa shape index (κ1) is 16.8. The monoisotopic (exact) mass is 324 g/mol. The van der Waals surface area contributed by atoms with Crippen LogP contribution in [0.5, 0.6) is 0 Å². The van der Waals surface area contributed by atoms with Gasteiger partial charge in [-0.15, -0.1) is 0 Å². The van der Waals surface area contributed by atoms with Crippen molar-refractivity contribution in [1.29, 1.82) is 0 Å². The molecule has 1 aliphatic rings. The number of rotatable bonds is 5. The zero-order valence-electron chi connectivity index (χ0n) is 13.6. The molecule has 122 valence electrons. The molecular formula is C16H24N2O3S. The maximum absolute atomic E-state index is 12.3. The maximum Gasteiger partial charge on any atom is 0.253 e. The molecule has 0 unspecified atom stereocenters. The SMILES string of the molecule is CC(C)CS(=O)(=O)C1CN(C(=O)c2ccc(N(C)C)cc2)C1. The number of sulfone groups is 1. The molecule has 5 nitrogen and oxygen atoms in total. The third-order valence-corrected chi connectivity index (χ3v) is 6.28. The second kappa shape index (κ2) is 6.28. The lowest BCUT2D eigenvalue weighted by Crippen LogP contribution is -2.57. The number of hydrogen-bond acceptors (Lipinski definition) is 4. The molecule has 1 aliphatic heterocycles. The van der Waals surface area contributed by atoms with Gasteiger partial charge in [0.25, 0.3) is 5.91 Å². The summed E-state index contributed by atoms with van der Waals surface area (Å²) in [7, 11) is 0.792. The zero-order valence-corrected chi connectivity index (χ0v) is 14.4. The quantitative estimate of drug-likeness (QED) is 0.826. The van der Waals surface area contributed by atoms with Crippen molar-refractivity contribution in [2.75, 3.05) is 37.8 Å². The minimum atomic E-state index is -3.09. The van der Waals surface area contributed by atoms with Crippen LogP contribution in [0.4, 0.5) is 5.69 Å². The van der Waals surface area contributed by atoms with Crippen LogP contribution in [0.2, 0.25) is 0 Å². The Morgan fingerprint density at radius 1 is 1.23 bits per heavy atom. The van der Waals surface area contributed by atoms with Crippen LogP contribution in [0.1, 0.15) is 24.2 Å². The Bertz CT molecular complexity index is 630. The smallest absolute Gasteiger partial charge is 0.253 e. The molecule has 1 aromatic carbocycles. The topological polar surface area (TPSA) is 57.7 Å². The van der Waals surface area contributed by atoms with E-state index in [0.717, 1.165) is 5.69 Å². The first-order chi connectivity index (χ1) is 10.2. The Labute approximate surface area is 132 Å². The van der Waals surface area contributed by atoms with Crippen molar-refractivity contribution in [2.45, 2.75) is 19.1 Å². The first-order valence-corrected chi connectivity index (χ1v) is 9.20. The lowest BCUT2D eigenvalue weighted by Gasteiger charge is -2.39. The molecule has 0 saturated carbocycles. The molecule has 1 heterocycles. The van der Waals surface area contributed by atoms with Gasteiger partial charge in [0.2, 0.25) is 0 Å². The van der Waals surface area contributed by atoms with Crippen LogP contribution >= 0.6 is 0 Å². The van der Waals surface area contributed by atoms with Gasteiger partial charge in [-0.2, -0.15) is 0 Å². The molecule has 1 amide bonds. The van der Waals surface area contributed by atoms with Gasteiger partial charge in [0, 0.05) is 38.4 Å². The van der Waals surface area contributed by atoms with Gasteiger partial charge >= 0.3 is 0 Å².